The first-order valence-electron chi connectivity index (χ1n) is 5.24. The molecule has 0 aliphatic heterocycles. The molecule has 5 nitrogen and oxygen atoms in total. The highest BCUT2D eigenvalue weighted by Crippen LogP contribution is 2.21. The summed E-state index contributed by atoms with van der Waals surface area (Å²) in [6, 6.07) is 3.53. The normalized spacial score (nSPS) is 12.4. The van der Waals surface area contributed by atoms with Gasteiger partial charge in [0.2, 0.25) is 10.0 Å². The Bertz CT molecular complexity index is 601. The molecule has 0 heterocycles. The molecule has 0 atom stereocenters. The van der Waals surface area contributed by atoms with Gasteiger partial charge in [0.15, 0.2) is 0 Å². The van der Waals surface area contributed by atoms with Crippen molar-refractivity contribution >= 4 is 31.9 Å². The highest BCUT2D eigenvalue weighted by Gasteiger charge is 2.30. The molecule has 1 aromatic rings. The Kier molecular flexibility index (Phi) is 4.70. The molecule has 0 saturated carbocycles. The van der Waals surface area contributed by atoms with Gasteiger partial charge in [0.1, 0.15) is 10.7 Å². The fourth-order valence-electron chi connectivity index (χ4n) is 1.53. The maximum atomic E-state index is 13.6. The first-order valence-corrected chi connectivity index (χ1v) is 7.52. The number of hydrogen-bond donors (Lipinski definition) is 2. The highest BCUT2D eigenvalue weighted by atomic mass is 79.9. The lowest BCUT2D eigenvalue weighted by Gasteiger charge is -2.24. The summed E-state index contributed by atoms with van der Waals surface area (Å²) in [4.78, 5) is 10.1. The van der Waals surface area contributed by atoms with Crippen molar-refractivity contribution in [1.29, 1.82) is 0 Å². The van der Waals surface area contributed by atoms with E-state index in [2.05, 4.69) is 20.7 Å². The summed E-state index contributed by atoms with van der Waals surface area (Å²) < 4.78 is 40.2. The van der Waals surface area contributed by atoms with E-state index >= 15 is 0 Å². The predicted molar refractivity (Wildman–Crippen MR) is 70.8 cm³/mol. The van der Waals surface area contributed by atoms with Crippen LogP contribution in [0, 0.1) is 5.82 Å². The zero-order valence-electron chi connectivity index (χ0n) is 10.3. The number of carboxylic acids is 1. The number of aliphatic carboxylic acids is 1. The molecule has 1 rings (SSSR count). The van der Waals surface area contributed by atoms with E-state index in [0.717, 1.165) is 12.1 Å². The molecule has 0 aromatic heterocycles. The van der Waals surface area contributed by atoms with Gasteiger partial charge in [-0.1, -0.05) is 15.9 Å². The first-order chi connectivity index (χ1) is 8.53. The maximum Gasteiger partial charge on any atom is 0.305 e. The Hall–Kier alpha value is -0.990. The van der Waals surface area contributed by atoms with Gasteiger partial charge in [-0.15, -0.1) is 0 Å². The van der Waals surface area contributed by atoms with E-state index in [9.17, 15) is 17.6 Å². The van der Waals surface area contributed by atoms with Crippen LogP contribution in [0.25, 0.3) is 0 Å². The van der Waals surface area contributed by atoms with Gasteiger partial charge in [-0.05, 0) is 32.0 Å². The molecule has 0 aliphatic carbocycles. The van der Waals surface area contributed by atoms with Crippen LogP contribution in [0.15, 0.2) is 27.6 Å². The first kappa shape index (κ1) is 16.1. The topological polar surface area (TPSA) is 83.5 Å². The van der Waals surface area contributed by atoms with E-state index in [-0.39, 0.29) is 0 Å². The van der Waals surface area contributed by atoms with Crippen molar-refractivity contribution in [3.05, 3.63) is 28.5 Å². The lowest BCUT2D eigenvalue weighted by atomic mass is 10.0. The third-order valence-corrected chi connectivity index (χ3v) is 4.41. The fourth-order valence-corrected chi connectivity index (χ4v) is 3.33. The quantitative estimate of drug-likeness (QED) is 0.849. The minimum Gasteiger partial charge on any atom is -0.481 e. The molecule has 8 heteroatoms. The van der Waals surface area contributed by atoms with E-state index in [1.807, 2.05) is 0 Å². The number of hydrogen-bond acceptors (Lipinski definition) is 3. The van der Waals surface area contributed by atoms with Crippen LogP contribution >= 0.6 is 15.9 Å². The molecular weight excluding hydrogens is 341 g/mol. The lowest BCUT2D eigenvalue weighted by molar-refractivity contribution is -0.138. The molecule has 0 radical (unpaired) electrons. The highest BCUT2D eigenvalue weighted by molar-refractivity contribution is 9.10. The van der Waals surface area contributed by atoms with Gasteiger partial charge in [0, 0.05) is 10.0 Å². The van der Waals surface area contributed by atoms with Crippen molar-refractivity contribution < 1.29 is 22.7 Å². The Morgan fingerprint density at radius 2 is 2.05 bits per heavy atom. The van der Waals surface area contributed by atoms with Gasteiger partial charge in [-0.3, -0.25) is 4.79 Å². The van der Waals surface area contributed by atoms with Gasteiger partial charge < -0.3 is 5.11 Å². The summed E-state index contributed by atoms with van der Waals surface area (Å²) >= 11 is 3.02. The Morgan fingerprint density at radius 1 is 1.47 bits per heavy atom. The van der Waals surface area contributed by atoms with Crippen molar-refractivity contribution in [2.24, 2.45) is 0 Å². The number of sulfonamides is 1. The van der Waals surface area contributed by atoms with E-state index in [0.29, 0.717) is 4.47 Å². The van der Waals surface area contributed by atoms with Crippen LogP contribution in [-0.2, 0) is 14.8 Å². The molecular formula is C11H13BrFNO4S. The maximum absolute atomic E-state index is 13.6. The Balaban J connectivity index is 3.08. The summed E-state index contributed by atoms with van der Waals surface area (Å²) in [5, 5.41) is 8.69. The Labute approximate surface area is 119 Å². The smallest absolute Gasteiger partial charge is 0.305 e. The van der Waals surface area contributed by atoms with Crippen LogP contribution in [0.3, 0.4) is 0 Å². The van der Waals surface area contributed by atoms with Crippen LogP contribution in [0.5, 0.6) is 0 Å². The van der Waals surface area contributed by atoms with E-state index in [1.54, 1.807) is 0 Å². The monoisotopic (exact) mass is 353 g/mol. The fraction of sp³-hybridized carbons (Fsp3) is 0.364. The van der Waals surface area contributed by atoms with E-state index in [4.69, 9.17) is 5.11 Å². The second-order valence-corrected chi connectivity index (χ2v) is 7.20. The van der Waals surface area contributed by atoms with Gasteiger partial charge in [-0.2, -0.15) is 0 Å². The second-order valence-electron chi connectivity index (χ2n) is 4.63. The number of carboxylic acid groups (broad SMARTS) is 1. The van der Waals surface area contributed by atoms with Crippen molar-refractivity contribution in [1.82, 2.24) is 4.72 Å². The Morgan fingerprint density at radius 3 is 2.53 bits per heavy atom. The average Bonchev–Trinajstić information content (AvgIpc) is 2.11. The van der Waals surface area contributed by atoms with Gasteiger partial charge in [0.05, 0.1) is 6.42 Å². The van der Waals surface area contributed by atoms with Crippen molar-refractivity contribution in [2.75, 3.05) is 0 Å². The van der Waals surface area contributed by atoms with Crippen LogP contribution < -0.4 is 4.72 Å². The van der Waals surface area contributed by atoms with Gasteiger partial charge >= 0.3 is 5.97 Å². The summed E-state index contributed by atoms with van der Waals surface area (Å²) in [5.74, 6) is -2.06. The minimum atomic E-state index is -4.12. The largest absolute Gasteiger partial charge is 0.481 e. The molecule has 0 saturated heterocycles. The number of nitrogens with one attached hydrogen (secondary N) is 1. The summed E-state index contributed by atoms with van der Waals surface area (Å²) in [6.07, 6.45) is -0.412. The van der Waals surface area contributed by atoms with Crippen LogP contribution in [-0.4, -0.2) is 25.0 Å². The third-order valence-electron chi connectivity index (χ3n) is 2.19. The standard InChI is InChI=1S/C11H13BrFNO4S/c1-11(2,6-10(15)16)14-19(17,18)9-4-3-7(12)5-8(9)13/h3-5,14H,6H2,1-2H3,(H,15,16). The molecule has 2 N–H and O–H groups in total. The molecule has 0 spiro atoms. The lowest BCUT2D eigenvalue weighted by Crippen LogP contribution is -2.45. The zero-order valence-corrected chi connectivity index (χ0v) is 12.7. The number of rotatable bonds is 5. The number of benzene rings is 1. The second kappa shape index (κ2) is 5.56. The van der Waals surface area contributed by atoms with Crippen LogP contribution in [0.2, 0.25) is 0 Å². The molecule has 0 bridgehead atoms. The van der Waals surface area contributed by atoms with Gasteiger partial charge in [0.25, 0.3) is 0 Å². The van der Waals surface area contributed by atoms with Crippen LogP contribution in [0.1, 0.15) is 20.3 Å². The predicted octanol–water partition coefficient (Wildman–Crippen LogP) is 2.12. The molecule has 106 valence electrons. The molecule has 0 fully saturated rings. The van der Waals surface area contributed by atoms with Crippen LogP contribution in [0.4, 0.5) is 4.39 Å². The third kappa shape index (κ3) is 4.55. The summed E-state index contributed by atoms with van der Waals surface area (Å²) in [7, 11) is -4.12. The average molecular weight is 354 g/mol. The number of carbonyl (C=O) groups is 1. The molecule has 0 unspecified atom stereocenters. The molecule has 1 aromatic carbocycles. The van der Waals surface area contributed by atoms with Gasteiger partial charge in [-0.25, -0.2) is 17.5 Å². The van der Waals surface area contributed by atoms with E-state index < -0.39 is 38.7 Å². The van der Waals surface area contributed by atoms with Crippen molar-refractivity contribution in [3.8, 4) is 0 Å². The number of halogens is 2. The molecule has 19 heavy (non-hydrogen) atoms. The van der Waals surface area contributed by atoms with E-state index in [1.165, 1.54) is 19.9 Å². The SMILES string of the molecule is CC(C)(CC(=O)O)NS(=O)(=O)c1ccc(Br)cc1F. The minimum absolute atomic E-state index is 0.411. The summed E-state index contributed by atoms with van der Waals surface area (Å²) in [6.45, 7) is 2.82. The zero-order chi connectivity index (χ0) is 14.8. The summed E-state index contributed by atoms with van der Waals surface area (Å²) in [5.41, 5.74) is -1.22. The van der Waals surface area contributed by atoms with Crippen molar-refractivity contribution in [2.45, 2.75) is 30.7 Å². The van der Waals surface area contributed by atoms with Crippen molar-refractivity contribution in [3.63, 3.8) is 0 Å². The molecule has 0 amide bonds. The molecule has 0 aliphatic rings.